The maximum Gasteiger partial charge on any atom is 0.257 e. The van der Waals surface area contributed by atoms with Gasteiger partial charge in [0.15, 0.2) is 5.03 Å². The molecule has 0 unspecified atom stereocenters. The first-order chi connectivity index (χ1) is 16.8. The first-order valence-electron chi connectivity index (χ1n) is 11.7. The second-order valence-corrected chi connectivity index (χ2v) is 11.1. The van der Waals surface area contributed by atoms with Crippen LogP contribution in [0.25, 0.3) is 0 Å². The Morgan fingerprint density at radius 1 is 1.03 bits per heavy atom. The van der Waals surface area contributed by atoms with Crippen molar-refractivity contribution in [3.8, 4) is 0 Å². The monoisotopic (exact) mass is 510 g/mol. The predicted octanol–water partition coefficient (Wildman–Crippen LogP) is 4.50. The van der Waals surface area contributed by atoms with Gasteiger partial charge < -0.3 is 10.2 Å². The number of carbonyl (C=O) groups is 1. The number of nitrogens with two attached hydrogens (primary N) is 1. The van der Waals surface area contributed by atoms with Gasteiger partial charge in [0.25, 0.3) is 15.9 Å². The van der Waals surface area contributed by atoms with Gasteiger partial charge >= 0.3 is 0 Å². The predicted molar refractivity (Wildman–Crippen MR) is 136 cm³/mol. The molecule has 2 heterocycles. The van der Waals surface area contributed by atoms with E-state index in [4.69, 9.17) is 16.7 Å². The molecule has 182 valence electrons. The van der Waals surface area contributed by atoms with Crippen LogP contribution in [0.3, 0.4) is 0 Å². The third-order valence-corrected chi connectivity index (χ3v) is 8.31. The molecule has 1 amide bonds. The summed E-state index contributed by atoms with van der Waals surface area (Å²) in [5.41, 5.74) is 2.43. The lowest BCUT2D eigenvalue weighted by molar-refractivity contribution is 0.0713. The highest BCUT2D eigenvalue weighted by molar-refractivity contribution is 7.89. The van der Waals surface area contributed by atoms with Crippen molar-refractivity contribution in [3.05, 3.63) is 88.6 Å². The van der Waals surface area contributed by atoms with Gasteiger partial charge in [0, 0.05) is 19.3 Å². The Kier molecular flexibility index (Phi) is 6.29. The van der Waals surface area contributed by atoms with Gasteiger partial charge in [0.05, 0.1) is 16.8 Å². The maximum atomic E-state index is 13.6. The topological polar surface area (TPSA) is 105 Å². The average molecular weight is 511 g/mol. The molecule has 0 atom stereocenters. The Morgan fingerprint density at radius 3 is 2.20 bits per heavy atom. The molecule has 9 heteroatoms. The van der Waals surface area contributed by atoms with E-state index < -0.39 is 20.6 Å². The van der Waals surface area contributed by atoms with Gasteiger partial charge in [0.2, 0.25) is 0 Å². The van der Waals surface area contributed by atoms with Gasteiger partial charge in [-0.15, -0.1) is 0 Å². The molecule has 7 nitrogen and oxygen atoms in total. The molecule has 3 N–H and O–H groups in total. The van der Waals surface area contributed by atoms with Crippen LogP contribution in [0, 0.1) is 0 Å². The highest BCUT2D eigenvalue weighted by Gasteiger charge is 2.46. The van der Waals surface area contributed by atoms with Crippen LogP contribution >= 0.6 is 11.6 Å². The molecule has 2 fully saturated rings. The zero-order valence-corrected chi connectivity index (χ0v) is 20.7. The van der Waals surface area contributed by atoms with Gasteiger partial charge in [-0.2, -0.15) is 0 Å². The summed E-state index contributed by atoms with van der Waals surface area (Å²) in [6.45, 7) is 1.19. The van der Waals surface area contributed by atoms with E-state index in [1.54, 1.807) is 4.90 Å². The van der Waals surface area contributed by atoms with E-state index in [1.165, 1.54) is 11.8 Å². The molecule has 1 aromatic heterocycles. The fraction of sp³-hybridized carbons (Fsp3) is 0.308. The van der Waals surface area contributed by atoms with E-state index >= 15 is 0 Å². The first-order valence-corrected chi connectivity index (χ1v) is 13.6. The third kappa shape index (κ3) is 4.78. The number of halogens is 1. The van der Waals surface area contributed by atoms with Crippen LogP contribution in [0.1, 0.15) is 53.1 Å². The summed E-state index contributed by atoms with van der Waals surface area (Å²) in [4.78, 5) is 19.4. The zero-order valence-electron chi connectivity index (χ0n) is 19.2. The largest absolute Gasteiger partial charge is 0.374 e. The number of carbonyl (C=O) groups excluding carboxylic acids is 1. The van der Waals surface area contributed by atoms with Crippen molar-refractivity contribution in [2.24, 2.45) is 5.14 Å². The minimum absolute atomic E-state index is 0.153. The van der Waals surface area contributed by atoms with Crippen LogP contribution < -0.4 is 10.5 Å². The summed E-state index contributed by atoms with van der Waals surface area (Å²) in [7, 11) is -4.17. The second kappa shape index (κ2) is 9.26. The number of hydrogen-bond acceptors (Lipinski definition) is 5. The lowest BCUT2D eigenvalue weighted by atomic mass is 9.89. The number of likely N-dealkylation sites (tertiary alicyclic amines) is 1. The van der Waals surface area contributed by atoms with E-state index in [2.05, 4.69) is 22.4 Å². The molecular weight excluding hydrogens is 484 g/mol. The van der Waals surface area contributed by atoms with Crippen LogP contribution in [-0.2, 0) is 15.6 Å². The molecule has 1 saturated carbocycles. The quantitative estimate of drug-likeness (QED) is 0.507. The molecule has 35 heavy (non-hydrogen) atoms. The van der Waals surface area contributed by atoms with Crippen LogP contribution in [0.5, 0.6) is 0 Å². The molecule has 0 spiro atoms. The van der Waals surface area contributed by atoms with Crippen molar-refractivity contribution in [1.82, 2.24) is 9.88 Å². The zero-order chi connectivity index (χ0) is 24.6. The van der Waals surface area contributed by atoms with Gasteiger partial charge in [-0.25, -0.2) is 18.5 Å². The van der Waals surface area contributed by atoms with Crippen molar-refractivity contribution >= 4 is 33.2 Å². The molecule has 0 radical (unpaired) electrons. The molecular formula is C26H27ClN4O3S. The molecule has 3 aromatic rings. The van der Waals surface area contributed by atoms with Crippen LogP contribution in [0.2, 0.25) is 5.02 Å². The highest BCUT2D eigenvalue weighted by atomic mass is 35.5. The Morgan fingerprint density at radius 2 is 1.63 bits per heavy atom. The van der Waals surface area contributed by atoms with Gasteiger partial charge in [0.1, 0.15) is 5.02 Å². The lowest BCUT2D eigenvalue weighted by Crippen LogP contribution is -2.38. The summed E-state index contributed by atoms with van der Waals surface area (Å²) >= 11 is 6.55. The van der Waals surface area contributed by atoms with Crippen LogP contribution in [0.15, 0.2) is 71.9 Å². The number of piperidine rings is 1. The number of pyridine rings is 1. The molecule has 1 aliphatic carbocycles. The Bertz CT molecular complexity index is 1340. The SMILES string of the molecule is NS(=O)(=O)c1ncc(C(=O)N2CCC(c3ccccc3)CC2)c(NC2(c3ccccc3)CC2)c1Cl. The molecule has 2 aliphatic rings. The fourth-order valence-corrected chi connectivity index (χ4v) is 5.94. The molecule has 0 bridgehead atoms. The van der Waals surface area contributed by atoms with Crippen molar-refractivity contribution in [2.45, 2.75) is 42.2 Å². The highest BCUT2D eigenvalue weighted by Crippen LogP contribution is 2.50. The minimum atomic E-state index is -4.17. The average Bonchev–Trinajstić information content (AvgIpc) is 3.66. The van der Waals surface area contributed by atoms with Gasteiger partial charge in [-0.05, 0) is 42.7 Å². The number of nitrogens with one attached hydrogen (secondary N) is 1. The van der Waals surface area contributed by atoms with Crippen molar-refractivity contribution in [3.63, 3.8) is 0 Å². The summed E-state index contributed by atoms with van der Waals surface area (Å²) in [5, 5.41) is 8.18. The van der Waals surface area contributed by atoms with Crippen molar-refractivity contribution < 1.29 is 13.2 Å². The number of primary sulfonamides is 1. The van der Waals surface area contributed by atoms with E-state index in [0.29, 0.717) is 19.0 Å². The molecule has 1 aliphatic heterocycles. The molecule has 5 rings (SSSR count). The summed E-state index contributed by atoms with van der Waals surface area (Å²) in [5.74, 6) is 0.176. The van der Waals surface area contributed by atoms with Crippen LogP contribution in [0.4, 0.5) is 5.69 Å². The summed E-state index contributed by atoms with van der Waals surface area (Å²) < 4.78 is 24.2. The lowest BCUT2D eigenvalue weighted by Gasteiger charge is -2.33. The number of benzene rings is 2. The number of aromatic nitrogens is 1. The standard InChI is InChI=1S/C26H27ClN4O3S/c27-22-23(30-26(13-14-26)20-9-5-2-6-10-20)21(17-29-24(22)35(28,33)34)25(32)31-15-11-19(12-16-31)18-7-3-1-4-8-18/h1-10,17,19H,11-16H2,(H,29,30)(H2,28,33,34). The van der Waals surface area contributed by atoms with E-state index in [-0.39, 0.29) is 22.2 Å². The Labute approximate surface area is 210 Å². The Hall–Kier alpha value is -2.94. The number of sulfonamides is 1. The number of rotatable bonds is 6. The number of hydrogen-bond donors (Lipinski definition) is 2. The number of nitrogens with zero attached hydrogens (tertiary/aromatic N) is 2. The third-order valence-electron chi connectivity index (χ3n) is 6.98. The maximum absolute atomic E-state index is 13.6. The smallest absolute Gasteiger partial charge is 0.257 e. The van der Waals surface area contributed by atoms with Crippen LogP contribution in [-0.4, -0.2) is 37.3 Å². The summed E-state index contributed by atoms with van der Waals surface area (Å²) in [6.07, 6.45) is 4.64. The van der Waals surface area contributed by atoms with E-state index in [1.807, 2.05) is 48.5 Å². The van der Waals surface area contributed by atoms with Crippen molar-refractivity contribution in [2.75, 3.05) is 18.4 Å². The molecule has 2 aromatic carbocycles. The van der Waals surface area contributed by atoms with E-state index in [0.717, 1.165) is 31.2 Å². The number of anilines is 1. The van der Waals surface area contributed by atoms with Crippen molar-refractivity contribution in [1.29, 1.82) is 0 Å². The first kappa shape index (κ1) is 23.8. The Balaban J connectivity index is 1.45. The molecule has 1 saturated heterocycles. The fourth-order valence-electron chi connectivity index (χ4n) is 4.87. The van der Waals surface area contributed by atoms with Gasteiger partial charge in [-0.3, -0.25) is 4.79 Å². The minimum Gasteiger partial charge on any atom is -0.374 e. The van der Waals surface area contributed by atoms with Gasteiger partial charge in [-0.1, -0.05) is 72.3 Å². The number of amides is 1. The second-order valence-electron chi connectivity index (χ2n) is 9.26. The van der Waals surface area contributed by atoms with E-state index in [9.17, 15) is 13.2 Å². The summed E-state index contributed by atoms with van der Waals surface area (Å²) in [6, 6.07) is 20.2. The normalized spacial score (nSPS) is 17.7.